The molecule has 3 aromatic carbocycles. The Labute approximate surface area is 188 Å². The normalized spacial score (nSPS) is 10.3. The molecule has 0 atom stereocenters. The van der Waals surface area contributed by atoms with Crippen molar-refractivity contribution in [3.8, 4) is 17.2 Å². The summed E-state index contributed by atoms with van der Waals surface area (Å²) in [5.41, 5.74) is 2.27. The van der Waals surface area contributed by atoms with Gasteiger partial charge in [-0.25, -0.2) is 0 Å². The van der Waals surface area contributed by atoms with Gasteiger partial charge in [-0.3, -0.25) is 9.59 Å². The van der Waals surface area contributed by atoms with Gasteiger partial charge in [0.05, 0.1) is 0 Å². The van der Waals surface area contributed by atoms with Gasteiger partial charge in [-0.15, -0.1) is 0 Å². The van der Waals surface area contributed by atoms with E-state index in [2.05, 4.69) is 6.58 Å². The first kappa shape index (κ1) is 22.8. The zero-order valence-electron chi connectivity index (χ0n) is 18.3. The molecule has 0 radical (unpaired) electrons. The Bertz CT molecular complexity index is 1090. The first-order valence-electron chi connectivity index (χ1n) is 10.3. The van der Waals surface area contributed by atoms with E-state index in [0.717, 1.165) is 11.1 Å². The van der Waals surface area contributed by atoms with Crippen molar-refractivity contribution in [3.05, 3.63) is 102 Å². The molecule has 0 N–H and O–H groups in total. The number of carbonyl (C=O) groups excluding carboxylic acids is 2. The van der Waals surface area contributed by atoms with Crippen LogP contribution in [0, 0.1) is 0 Å². The third-order valence-electron chi connectivity index (χ3n) is 4.73. The smallest absolute Gasteiger partial charge is 0.167 e. The minimum atomic E-state index is -0.274. The van der Waals surface area contributed by atoms with E-state index in [-0.39, 0.29) is 54.0 Å². The van der Waals surface area contributed by atoms with Gasteiger partial charge < -0.3 is 14.2 Å². The number of ether oxygens (including phenoxy) is 3. The third-order valence-corrected chi connectivity index (χ3v) is 4.73. The van der Waals surface area contributed by atoms with Crippen LogP contribution in [0.3, 0.4) is 0 Å². The van der Waals surface area contributed by atoms with E-state index in [1.807, 2.05) is 60.7 Å². The topological polar surface area (TPSA) is 61.8 Å². The van der Waals surface area contributed by atoms with Crippen LogP contribution in [-0.2, 0) is 13.2 Å². The standard InChI is InChI=1S/C27H26O5/c1-4-15-30-23-16-24(31-17-21-11-7-5-8-12-21)26(20(3)29)27(25(23)19(2)28)32-18-22-13-9-6-10-14-22/h4-14,16H,1,15,17-18H2,2-3H3. The predicted molar refractivity (Wildman–Crippen MR) is 124 cm³/mol. The minimum Gasteiger partial charge on any atom is -0.488 e. The Morgan fingerprint density at radius 3 is 1.69 bits per heavy atom. The van der Waals surface area contributed by atoms with Gasteiger partial charge in [0, 0.05) is 6.07 Å². The summed E-state index contributed by atoms with van der Waals surface area (Å²) in [6.07, 6.45) is 1.58. The summed E-state index contributed by atoms with van der Waals surface area (Å²) in [4.78, 5) is 25.3. The second-order valence-electron chi connectivity index (χ2n) is 7.21. The van der Waals surface area contributed by atoms with Crippen LogP contribution in [-0.4, -0.2) is 18.2 Å². The van der Waals surface area contributed by atoms with Crippen molar-refractivity contribution in [1.82, 2.24) is 0 Å². The molecule has 0 saturated heterocycles. The summed E-state index contributed by atoms with van der Waals surface area (Å²) >= 11 is 0. The molecule has 0 spiro atoms. The second kappa shape index (κ2) is 11.0. The van der Waals surface area contributed by atoms with Gasteiger partial charge >= 0.3 is 0 Å². The number of Topliss-reactive ketones (excluding diaryl/α,β-unsaturated/α-hetero) is 2. The average molecular weight is 431 g/mol. The van der Waals surface area contributed by atoms with Crippen molar-refractivity contribution < 1.29 is 23.8 Å². The lowest BCUT2D eigenvalue weighted by atomic mass is 10.0. The Morgan fingerprint density at radius 2 is 1.22 bits per heavy atom. The number of ketones is 2. The van der Waals surface area contributed by atoms with Crippen LogP contribution in [0.5, 0.6) is 17.2 Å². The average Bonchev–Trinajstić information content (AvgIpc) is 2.80. The monoisotopic (exact) mass is 430 g/mol. The highest BCUT2D eigenvalue weighted by Crippen LogP contribution is 2.41. The van der Waals surface area contributed by atoms with Crippen LogP contribution in [0.4, 0.5) is 0 Å². The number of rotatable bonds is 11. The largest absolute Gasteiger partial charge is 0.488 e. The second-order valence-corrected chi connectivity index (χ2v) is 7.21. The molecule has 0 heterocycles. The molecule has 3 aromatic rings. The van der Waals surface area contributed by atoms with Crippen molar-refractivity contribution in [2.45, 2.75) is 27.1 Å². The van der Waals surface area contributed by atoms with Crippen molar-refractivity contribution in [2.24, 2.45) is 0 Å². The summed E-state index contributed by atoms with van der Waals surface area (Å²) < 4.78 is 17.8. The Hall–Kier alpha value is -3.86. The summed E-state index contributed by atoms with van der Waals surface area (Å²) in [6.45, 7) is 7.13. The predicted octanol–water partition coefficient (Wildman–Crippen LogP) is 5.81. The molecular formula is C27H26O5. The maximum absolute atomic E-state index is 12.7. The van der Waals surface area contributed by atoms with Crippen molar-refractivity contribution in [1.29, 1.82) is 0 Å². The third kappa shape index (κ3) is 5.64. The fraction of sp³-hybridized carbons (Fsp3) is 0.185. The minimum absolute atomic E-state index is 0.165. The van der Waals surface area contributed by atoms with Gasteiger partial charge in [-0.1, -0.05) is 73.3 Å². The molecule has 0 aliphatic carbocycles. The highest BCUT2D eigenvalue weighted by Gasteiger charge is 2.27. The molecule has 5 heteroatoms. The quantitative estimate of drug-likeness (QED) is 0.284. The van der Waals surface area contributed by atoms with Crippen LogP contribution in [0.1, 0.15) is 45.7 Å². The molecule has 0 aliphatic rings. The Morgan fingerprint density at radius 1 is 0.750 bits per heavy atom. The lowest BCUT2D eigenvalue weighted by Gasteiger charge is -2.20. The van der Waals surface area contributed by atoms with E-state index in [4.69, 9.17) is 14.2 Å². The highest BCUT2D eigenvalue weighted by molar-refractivity contribution is 6.07. The molecule has 0 unspecified atom stereocenters. The Balaban J connectivity index is 2.08. The molecule has 0 bridgehead atoms. The highest BCUT2D eigenvalue weighted by atomic mass is 16.5. The fourth-order valence-corrected chi connectivity index (χ4v) is 3.26. The van der Waals surface area contributed by atoms with E-state index in [9.17, 15) is 9.59 Å². The SMILES string of the molecule is C=CCOc1cc(OCc2ccccc2)c(C(C)=O)c(OCc2ccccc2)c1C(C)=O. The van der Waals surface area contributed by atoms with Gasteiger partial charge in [0.2, 0.25) is 0 Å². The summed E-state index contributed by atoms with van der Waals surface area (Å²) in [5.74, 6) is 0.207. The maximum Gasteiger partial charge on any atom is 0.167 e. The van der Waals surface area contributed by atoms with Crippen LogP contribution in [0.2, 0.25) is 0 Å². The maximum atomic E-state index is 12.7. The molecule has 0 aromatic heterocycles. The van der Waals surface area contributed by atoms with E-state index < -0.39 is 0 Å². The van der Waals surface area contributed by atoms with Crippen LogP contribution >= 0.6 is 0 Å². The molecule has 3 rings (SSSR count). The van der Waals surface area contributed by atoms with Crippen LogP contribution in [0.15, 0.2) is 79.4 Å². The fourth-order valence-electron chi connectivity index (χ4n) is 3.26. The van der Waals surface area contributed by atoms with Crippen molar-refractivity contribution >= 4 is 11.6 Å². The van der Waals surface area contributed by atoms with Gasteiger partial charge in [-0.05, 0) is 25.0 Å². The summed E-state index contributed by atoms with van der Waals surface area (Å²) in [7, 11) is 0. The van der Waals surface area contributed by atoms with Gasteiger partial charge in [0.1, 0.15) is 48.2 Å². The van der Waals surface area contributed by atoms with E-state index in [1.165, 1.54) is 13.8 Å². The zero-order chi connectivity index (χ0) is 22.9. The number of hydrogen-bond acceptors (Lipinski definition) is 5. The van der Waals surface area contributed by atoms with Crippen molar-refractivity contribution in [3.63, 3.8) is 0 Å². The molecule has 32 heavy (non-hydrogen) atoms. The molecule has 0 saturated carbocycles. The van der Waals surface area contributed by atoms with Gasteiger partial charge in [0.25, 0.3) is 0 Å². The molecule has 0 aliphatic heterocycles. The lowest BCUT2D eigenvalue weighted by molar-refractivity contribution is 0.1000. The van der Waals surface area contributed by atoms with Gasteiger partial charge in [0.15, 0.2) is 11.6 Å². The lowest BCUT2D eigenvalue weighted by Crippen LogP contribution is -2.12. The molecule has 0 amide bonds. The summed E-state index contributed by atoms with van der Waals surface area (Å²) in [5, 5.41) is 0. The molecule has 164 valence electrons. The first-order chi connectivity index (χ1) is 15.5. The molecule has 5 nitrogen and oxygen atoms in total. The number of benzene rings is 3. The Kier molecular flexibility index (Phi) is 7.81. The van der Waals surface area contributed by atoms with Crippen LogP contribution in [0.25, 0.3) is 0 Å². The van der Waals surface area contributed by atoms with E-state index in [1.54, 1.807) is 12.1 Å². The summed E-state index contributed by atoms with van der Waals surface area (Å²) in [6, 6.07) is 20.7. The molecule has 0 fully saturated rings. The van der Waals surface area contributed by atoms with E-state index >= 15 is 0 Å². The number of carbonyl (C=O) groups is 2. The number of hydrogen-bond donors (Lipinski definition) is 0. The zero-order valence-corrected chi connectivity index (χ0v) is 18.3. The van der Waals surface area contributed by atoms with Crippen molar-refractivity contribution in [2.75, 3.05) is 6.61 Å². The molecular weight excluding hydrogens is 404 g/mol. The van der Waals surface area contributed by atoms with Crippen LogP contribution < -0.4 is 14.2 Å². The van der Waals surface area contributed by atoms with Gasteiger partial charge in [-0.2, -0.15) is 0 Å². The van der Waals surface area contributed by atoms with E-state index in [0.29, 0.717) is 5.75 Å². The first-order valence-corrected chi connectivity index (χ1v) is 10.3.